The summed E-state index contributed by atoms with van der Waals surface area (Å²) in [5.74, 6) is 0.0386. The van der Waals surface area contributed by atoms with Crippen molar-refractivity contribution in [2.45, 2.75) is 71.6 Å². The Bertz CT molecular complexity index is 1070. The summed E-state index contributed by atoms with van der Waals surface area (Å²) in [4.78, 5) is 18.0. The molecule has 2 atom stereocenters. The van der Waals surface area contributed by atoms with Crippen molar-refractivity contribution in [2.75, 3.05) is 7.11 Å². The third-order valence-corrected chi connectivity index (χ3v) is 6.71. The Morgan fingerprint density at radius 1 is 1.30 bits per heavy atom. The van der Waals surface area contributed by atoms with Gasteiger partial charge in [-0.3, -0.25) is 4.79 Å². The number of methoxy groups -OCH3 is 1. The van der Waals surface area contributed by atoms with Gasteiger partial charge in [-0.2, -0.15) is 0 Å². The minimum Gasteiger partial charge on any atom is -0.388 e. The Hall–Kier alpha value is -2.24. The van der Waals surface area contributed by atoms with Gasteiger partial charge in [0.1, 0.15) is 0 Å². The maximum Gasteiger partial charge on any atom is 0.254 e. The fourth-order valence-electron chi connectivity index (χ4n) is 4.71. The van der Waals surface area contributed by atoms with Crippen LogP contribution >= 0.6 is 0 Å². The number of hydrogen-bond donors (Lipinski definition) is 1. The van der Waals surface area contributed by atoms with E-state index in [9.17, 15) is 9.90 Å². The number of rotatable bonds is 6. The Morgan fingerprint density at radius 2 is 2.07 bits per heavy atom. The fraction of sp³-hybridized carbons (Fsp3) is 0.520. The molecule has 0 aromatic carbocycles. The van der Waals surface area contributed by atoms with Crippen molar-refractivity contribution in [1.82, 2.24) is 9.55 Å². The highest BCUT2D eigenvalue weighted by Crippen LogP contribution is 2.38. The summed E-state index contributed by atoms with van der Waals surface area (Å²) in [5, 5.41) is 10.6. The lowest BCUT2D eigenvalue weighted by molar-refractivity contribution is 0.0230. The summed E-state index contributed by atoms with van der Waals surface area (Å²) in [6.07, 6.45) is 7.60. The summed E-state index contributed by atoms with van der Waals surface area (Å²) >= 11 is 0. The number of ether oxygens (including phenoxy) is 1. The van der Waals surface area contributed by atoms with Gasteiger partial charge in [0.15, 0.2) is 0 Å². The molecule has 2 aromatic rings. The van der Waals surface area contributed by atoms with Crippen molar-refractivity contribution in [3.63, 3.8) is 0 Å². The van der Waals surface area contributed by atoms with Crippen molar-refractivity contribution in [3.05, 3.63) is 56.5 Å². The first-order valence-corrected chi connectivity index (χ1v) is 11.0. The van der Waals surface area contributed by atoms with E-state index in [0.717, 1.165) is 48.3 Å². The molecular weight excluding hydrogens is 376 g/mol. The summed E-state index contributed by atoms with van der Waals surface area (Å²) in [6, 6.07) is 4.15. The van der Waals surface area contributed by atoms with E-state index >= 15 is 0 Å². The molecule has 0 saturated heterocycles. The molecule has 2 aromatic heterocycles. The predicted molar refractivity (Wildman–Crippen MR) is 120 cm³/mol. The molecule has 0 spiro atoms. The maximum atomic E-state index is 13.1. The highest BCUT2D eigenvalue weighted by Gasteiger charge is 2.33. The van der Waals surface area contributed by atoms with Gasteiger partial charge in [-0.05, 0) is 48.6 Å². The smallest absolute Gasteiger partial charge is 0.254 e. The molecule has 5 nitrogen and oxygen atoms in total. The first-order chi connectivity index (χ1) is 14.3. The predicted octanol–water partition coefficient (Wildman–Crippen LogP) is 4.41. The number of unbranched alkanes of at least 4 members (excludes halogenated alkanes) is 1. The summed E-state index contributed by atoms with van der Waals surface area (Å²) in [7, 11) is 1.78. The molecule has 5 heteroatoms. The van der Waals surface area contributed by atoms with Gasteiger partial charge >= 0.3 is 0 Å². The van der Waals surface area contributed by atoms with E-state index in [1.165, 1.54) is 5.56 Å². The average Bonchev–Trinajstić information content (AvgIpc) is 3.10. The Labute approximate surface area is 178 Å². The van der Waals surface area contributed by atoms with Crippen molar-refractivity contribution in [3.8, 4) is 11.4 Å². The van der Waals surface area contributed by atoms with E-state index in [4.69, 9.17) is 9.72 Å². The minimum absolute atomic E-state index is 0.0386. The van der Waals surface area contributed by atoms with E-state index in [0.29, 0.717) is 17.7 Å². The minimum atomic E-state index is -0.661. The molecule has 2 aliphatic rings. The van der Waals surface area contributed by atoms with E-state index in [1.807, 2.05) is 19.9 Å². The molecule has 4 rings (SSSR count). The third kappa shape index (κ3) is 3.34. The molecule has 1 aliphatic carbocycles. The van der Waals surface area contributed by atoms with Crippen LogP contribution in [0.1, 0.15) is 74.1 Å². The molecule has 3 heterocycles. The standard InChI is InChI=1S/C25H32N2O3/c1-6-7-9-25(30-5)10-8-20-17(13-25)11-18-14-27-21(22(18)26-20)12-19(16(4)24(27)29)23(28)15(2)3/h8,10-12,15,23,28H,6-7,9,13-14H2,1-5H3. The van der Waals surface area contributed by atoms with Crippen LogP contribution in [0.2, 0.25) is 0 Å². The highest BCUT2D eigenvalue weighted by atomic mass is 16.5. The van der Waals surface area contributed by atoms with Gasteiger partial charge in [0.05, 0.1) is 35.3 Å². The van der Waals surface area contributed by atoms with Crippen molar-refractivity contribution >= 4 is 6.08 Å². The van der Waals surface area contributed by atoms with Gasteiger partial charge in [0.25, 0.3) is 5.56 Å². The van der Waals surface area contributed by atoms with E-state index in [-0.39, 0.29) is 17.1 Å². The van der Waals surface area contributed by atoms with Crippen molar-refractivity contribution in [1.29, 1.82) is 0 Å². The molecule has 30 heavy (non-hydrogen) atoms. The lowest BCUT2D eigenvalue weighted by Crippen LogP contribution is -2.34. The first kappa shape index (κ1) is 21.0. The Kier molecular flexibility index (Phi) is 5.45. The van der Waals surface area contributed by atoms with Gasteiger partial charge in [-0.15, -0.1) is 0 Å². The number of nitrogens with zero attached hydrogens (tertiary/aromatic N) is 2. The monoisotopic (exact) mass is 408 g/mol. The van der Waals surface area contributed by atoms with Gasteiger partial charge < -0.3 is 14.4 Å². The quantitative estimate of drug-likeness (QED) is 0.656. The lowest BCUT2D eigenvalue weighted by atomic mass is 9.83. The van der Waals surface area contributed by atoms with E-state index < -0.39 is 6.10 Å². The van der Waals surface area contributed by atoms with E-state index in [1.54, 1.807) is 18.6 Å². The van der Waals surface area contributed by atoms with Crippen LogP contribution in [0, 0.1) is 12.8 Å². The largest absolute Gasteiger partial charge is 0.388 e. The van der Waals surface area contributed by atoms with Crippen molar-refractivity contribution in [2.24, 2.45) is 5.92 Å². The Morgan fingerprint density at radius 3 is 2.73 bits per heavy atom. The maximum absolute atomic E-state index is 13.1. The lowest BCUT2D eigenvalue weighted by Gasteiger charge is -2.33. The fourth-order valence-corrected chi connectivity index (χ4v) is 4.71. The molecule has 0 bridgehead atoms. The van der Waals surface area contributed by atoms with Crippen LogP contribution in [0.5, 0.6) is 0 Å². The molecule has 0 radical (unpaired) electrons. The van der Waals surface area contributed by atoms with Crippen LogP contribution in [-0.2, 0) is 17.7 Å². The number of hydrogen-bond acceptors (Lipinski definition) is 4. The second-order valence-electron chi connectivity index (χ2n) is 9.11. The molecule has 0 amide bonds. The van der Waals surface area contributed by atoms with Crippen LogP contribution in [-0.4, -0.2) is 27.4 Å². The molecule has 2 unspecified atom stereocenters. The van der Waals surface area contributed by atoms with Gasteiger partial charge in [-0.25, -0.2) is 4.98 Å². The number of aliphatic hydroxyl groups is 1. The molecular formula is C25H32N2O3. The summed E-state index contributed by atoms with van der Waals surface area (Å²) in [5.41, 5.74) is 5.87. The molecule has 0 saturated carbocycles. The zero-order valence-corrected chi connectivity index (χ0v) is 18.7. The SMILES string of the molecule is CCCCC1(OC)C=Cc2nc3c(cc2C1)Cn1c-3cc(C(O)C(C)C)c(C)c1=O. The van der Waals surface area contributed by atoms with E-state index in [2.05, 4.69) is 25.1 Å². The number of aromatic nitrogens is 2. The van der Waals surface area contributed by atoms with Crippen LogP contribution in [0.3, 0.4) is 0 Å². The molecule has 160 valence electrons. The summed E-state index contributed by atoms with van der Waals surface area (Å²) in [6.45, 7) is 8.45. The van der Waals surface area contributed by atoms with Gasteiger partial charge in [-0.1, -0.05) is 39.7 Å². The second-order valence-corrected chi connectivity index (χ2v) is 9.11. The first-order valence-electron chi connectivity index (χ1n) is 11.0. The van der Waals surface area contributed by atoms with Crippen LogP contribution < -0.4 is 5.56 Å². The number of pyridine rings is 2. The number of aliphatic hydroxyl groups excluding tert-OH is 1. The highest BCUT2D eigenvalue weighted by molar-refractivity contribution is 5.69. The zero-order chi connectivity index (χ0) is 21.6. The van der Waals surface area contributed by atoms with Crippen LogP contribution in [0.25, 0.3) is 17.5 Å². The molecule has 0 fully saturated rings. The van der Waals surface area contributed by atoms with Gasteiger partial charge in [0, 0.05) is 24.7 Å². The second kappa shape index (κ2) is 7.78. The summed E-state index contributed by atoms with van der Waals surface area (Å²) < 4.78 is 7.71. The Balaban J connectivity index is 1.78. The van der Waals surface area contributed by atoms with Crippen molar-refractivity contribution < 1.29 is 9.84 Å². The van der Waals surface area contributed by atoms with Crippen LogP contribution in [0.15, 0.2) is 23.0 Å². The average molecular weight is 409 g/mol. The third-order valence-electron chi connectivity index (χ3n) is 6.71. The topological polar surface area (TPSA) is 64.3 Å². The normalized spacial score (nSPS) is 20.2. The number of fused-ring (bicyclic) bond motifs is 4. The molecule has 1 N–H and O–H groups in total. The van der Waals surface area contributed by atoms with Crippen LogP contribution in [0.4, 0.5) is 0 Å². The molecule has 1 aliphatic heterocycles. The zero-order valence-electron chi connectivity index (χ0n) is 18.7. The van der Waals surface area contributed by atoms with Gasteiger partial charge in [0.2, 0.25) is 0 Å².